The highest BCUT2D eigenvalue weighted by atomic mass is 79.9. The van der Waals surface area contributed by atoms with Crippen LogP contribution in [0, 0.1) is 6.92 Å². The number of aliphatic hydroxyl groups is 1. The molecule has 0 aromatic heterocycles. The fraction of sp³-hybridized carbons (Fsp3) is 0.278. The number of rotatable bonds is 7. The van der Waals surface area contributed by atoms with Gasteiger partial charge in [0.05, 0.1) is 22.4 Å². The summed E-state index contributed by atoms with van der Waals surface area (Å²) in [6.45, 7) is 3.34. The molecule has 11 heteroatoms. The Bertz CT molecular complexity index is 1050. The van der Waals surface area contributed by atoms with Gasteiger partial charge in [0, 0.05) is 11.0 Å². The van der Waals surface area contributed by atoms with Crippen molar-refractivity contribution < 1.29 is 28.5 Å². The van der Waals surface area contributed by atoms with Crippen LogP contribution in [0.25, 0.3) is 0 Å². The van der Waals surface area contributed by atoms with Crippen LogP contribution in [0.15, 0.2) is 33.6 Å². The molecule has 1 amide bonds. The lowest BCUT2D eigenvalue weighted by Gasteiger charge is -2.15. The number of sulfonamides is 1. The van der Waals surface area contributed by atoms with E-state index in [4.69, 9.17) is 11.6 Å². The predicted octanol–water partition coefficient (Wildman–Crippen LogP) is 3.12. The number of anilines is 1. The second-order valence-electron chi connectivity index (χ2n) is 6.32. The van der Waals surface area contributed by atoms with Gasteiger partial charge in [-0.1, -0.05) is 34.5 Å². The van der Waals surface area contributed by atoms with Gasteiger partial charge in [0.15, 0.2) is 11.5 Å². The van der Waals surface area contributed by atoms with E-state index in [0.29, 0.717) is 16.5 Å². The van der Waals surface area contributed by atoms with E-state index in [-0.39, 0.29) is 22.8 Å². The van der Waals surface area contributed by atoms with Gasteiger partial charge in [0.1, 0.15) is 4.90 Å². The molecule has 5 N–H and O–H groups in total. The first-order valence-electron chi connectivity index (χ1n) is 8.47. The summed E-state index contributed by atoms with van der Waals surface area (Å²) in [5.41, 5.74) is 0.0855. The maximum atomic E-state index is 12.7. The Kier molecular flexibility index (Phi) is 7.39. The van der Waals surface area contributed by atoms with E-state index in [1.165, 1.54) is 18.2 Å². The van der Waals surface area contributed by atoms with Crippen LogP contribution in [0.1, 0.15) is 29.3 Å². The molecule has 0 aliphatic carbocycles. The number of halogens is 2. The van der Waals surface area contributed by atoms with Gasteiger partial charge in [-0.15, -0.1) is 0 Å². The number of aliphatic hydroxyl groups excluding tert-OH is 1. The lowest BCUT2D eigenvalue weighted by atomic mass is 10.1. The number of aryl methyl sites for hydroxylation is 1. The number of amides is 1. The van der Waals surface area contributed by atoms with Crippen molar-refractivity contribution in [1.29, 1.82) is 0 Å². The summed E-state index contributed by atoms with van der Waals surface area (Å²) >= 11 is 8.93. The molecule has 0 bridgehead atoms. The molecule has 2 rings (SSSR count). The Morgan fingerprint density at radius 3 is 2.48 bits per heavy atom. The second kappa shape index (κ2) is 9.21. The normalized spacial score (nSPS) is 12.4. The first-order chi connectivity index (χ1) is 13.5. The molecule has 0 saturated heterocycles. The van der Waals surface area contributed by atoms with Gasteiger partial charge in [-0.05, 0) is 43.2 Å². The molecule has 158 valence electrons. The molecule has 0 saturated carbocycles. The average molecular weight is 508 g/mol. The van der Waals surface area contributed by atoms with Crippen molar-refractivity contribution in [3.05, 3.63) is 44.9 Å². The molecular weight excluding hydrogens is 488 g/mol. The van der Waals surface area contributed by atoms with Gasteiger partial charge in [-0.25, -0.2) is 8.42 Å². The van der Waals surface area contributed by atoms with Gasteiger partial charge < -0.3 is 20.6 Å². The molecule has 1 unspecified atom stereocenters. The molecule has 8 nitrogen and oxygen atoms in total. The van der Waals surface area contributed by atoms with Crippen molar-refractivity contribution >= 4 is 49.1 Å². The van der Waals surface area contributed by atoms with Crippen LogP contribution in [0.5, 0.6) is 11.5 Å². The number of hydrogen-bond acceptors (Lipinski definition) is 6. The summed E-state index contributed by atoms with van der Waals surface area (Å²) < 4.78 is 27.9. The van der Waals surface area contributed by atoms with Gasteiger partial charge >= 0.3 is 0 Å². The molecule has 0 aliphatic rings. The lowest BCUT2D eigenvalue weighted by Crippen LogP contribution is -2.31. The first-order valence-corrected chi connectivity index (χ1v) is 11.1. The predicted molar refractivity (Wildman–Crippen MR) is 113 cm³/mol. The standard InChI is InChI=1S/C18H20BrClN2O6S/c1-3-11(23)8-21-18(26)12-4-9(2)5-14(16(12)24)22-29(27,28)15-7-10(19)6-13(20)17(15)25/h4-7,11,22-25H,3,8H2,1-2H3,(H,21,26). The molecule has 1 atom stereocenters. The highest BCUT2D eigenvalue weighted by Crippen LogP contribution is 2.37. The number of nitrogens with one attached hydrogen (secondary N) is 2. The minimum Gasteiger partial charge on any atom is -0.505 e. The molecular formula is C18H20BrClN2O6S. The van der Waals surface area contributed by atoms with E-state index in [0.717, 1.165) is 6.07 Å². The van der Waals surface area contributed by atoms with Crippen molar-refractivity contribution in [3.8, 4) is 11.5 Å². The SMILES string of the molecule is CCC(O)CNC(=O)c1cc(C)cc(NS(=O)(=O)c2cc(Br)cc(Cl)c2O)c1O. The molecule has 2 aromatic rings. The summed E-state index contributed by atoms with van der Waals surface area (Å²) in [5.74, 6) is -1.92. The molecule has 0 fully saturated rings. The molecule has 0 heterocycles. The van der Waals surface area contributed by atoms with E-state index >= 15 is 0 Å². The third-order valence-corrected chi connectivity index (χ3v) is 6.12. The average Bonchev–Trinajstić information content (AvgIpc) is 2.64. The van der Waals surface area contributed by atoms with Crippen molar-refractivity contribution in [3.63, 3.8) is 0 Å². The highest BCUT2D eigenvalue weighted by Gasteiger charge is 2.25. The summed E-state index contributed by atoms with van der Waals surface area (Å²) in [4.78, 5) is 11.8. The van der Waals surface area contributed by atoms with E-state index < -0.39 is 38.4 Å². The summed E-state index contributed by atoms with van der Waals surface area (Å²) in [5, 5.41) is 32.3. The maximum absolute atomic E-state index is 12.7. The van der Waals surface area contributed by atoms with Crippen LogP contribution in [0.4, 0.5) is 5.69 Å². The Labute approximate surface area is 181 Å². The van der Waals surface area contributed by atoms with Crippen LogP contribution < -0.4 is 10.0 Å². The minimum atomic E-state index is -4.35. The van der Waals surface area contributed by atoms with Gasteiger partial charge in [0.25, 0.3) is 15.9 Å². The molecule has 29 heavy (non-hydrogen) atoms. The summed E-state index contributed by atoms with van der Waals surface area (Å²) in [6, 6.07) is 5.19. The van der Waals surface area contributed by atoms with Crippen LogP contribution in [0.3, 0.4) is 0 Å². The van der Waals surface area contributed by atoms with Crippen molar-refractivity contribution in [2.45, 2.75) is 31.3 Å². The number of hydrogen-bond donors (Lipinski definition) is 5. The second-order valence-corrected chi connectivity index (χ2v) is 9.29. The van der Waals surface area contributed by atoms with Gasteiger partial charge in [0.2, 0.25) is 0 Å². The van der Waals surface area contributed by atoms with Crippen LogP contribution >= 0.6 is 27.5 Å². The molecule has 0 radical (unpaired) electrons. The van der Waals surface area contributed by atoms with Gasteiger partial charge in [-0.2, -0.15) is 0 Å². The minimum absolute atomic E-state index is 0.0197. The number of phenols is 2. The van der Waals surface area contributed by atoms with E-state index in [1.54, 1.807) is 13.8 Å². The zero-order chi connectivity index (χ0) is 21.9. The number of benzene rings is 2. The first kappa shape index (κ1) is 23.3. The molecule has 0 aliphatic heterocycles. The highest BCUT2D eigenvalue weighted by molar-refractivity contribution is 9.10. The van der Waals surface area contributed by atoms with Gasteiger partial charge in [-0.3, -0.25) is 9.52 Å². The smallest absolute Gasteiger partial charge is 0.265 e. The van der Waals surface area contributed by atoms with E-state index in [1.807, 2.05) is 0 Å². The van der Waals surface area contributed by atoms with E-state index in [9.17, 15) is 28.5 Å². The van der Waals surface area contributed by atoms with Crippen molar-refractivity contribution in [1.82, 2.24) is 5.32 Å². The number of aromatic hydroxyl groups is 2. The molecule has 0 spiro atoms. The van der Waals surface area contributed by atoms with Crippen LogP contribution in [0.2, 0.25) is 5.02 Å². The largest absolute Gasteiger partial charge is 0.505 e. The fourth-order valence-corrected chi connectivity index (χ4v) is 4.64. The van der Waals surface area contributed by atoms with Crippen LogP contribution in [-0.4, -0.2) is 42.3 Å². The van der Waals surface area contributed by atoms with Crippen molar-refractivity contribution in [2.24, 2.45) is 0 Å². The Morgan fingerprint density at radius 2 is 1.86 bits per heavy atom. The van der Waals surface area contributed by atoms with E-state index in [2.05, 4.69) is 26.0 Å². The summed E-state index contributed by atoms with van der Waals surface area (Å²) in [6.07, 6.45) is -0.308. The Hall–Kier alpha value is -2.01. The zero-order valence-electron chi connectivity index (χ0n) is 15.5. The topological polar surface area (TPSA) is 136 Å². The summed E-state index contributed by atoms with van der Waals surface area (Å²) in [7, 11) is -4.35. The number of phenolic OH excluding ortho intramolecular Hbond substituents is 2. The van der Waals surface area contributed by atoms with Crippen molar-refractivity contribution in [2.75, 3.05) is 11.3 Å². The Balaban J connectivity index is 2.41. The number of carbonyl (C=O) groups is 1. The molecule has 2 aromatic carbocycles. The lowest BCUT2D eigenvalue weighted by molar-refractivity contribution is 0.0911. The quantitative estimate of drug-likeness (QED) is 0.365. The Morgan fingerprint density at radius 1 is 1.21 bits per heavy atom. The van der Waals surface area contributed by atoms with Crippen LogP contribution in [-0.2, 0) is 10.0 Å². The zero-order valence-corrected chi connectivity index (χ0v) is 18.7. The monoisotopic (exact) mass is 506 g/mol. The third-order valence-electron chi connectivity index (χ3n) is 4.00. The fourth-order valence-electron chi connectivity index (χ4n) is 2.43. The third kappa shape index (κ3) is 5.53. The number of carbonyl (C=O) groups excluding carboxylic acids is 1. The maximum Gasteiger partial charge on any atom is 0.265 e.